The molecule has 0 aliphatic rings. The summed E-state index contributed by atoms with van der Waals surface area (Å²) in [5.74, 6) is 1.59. The summed E-state index contributed by atoms with van der Waals surface area (Å²) in [4.78, 5) is 8.13. The van der Waals surface area contributed by atoms with Gasteiger partial charge in [-0.2, -0.15) is 4.98 Å². The Morgan fingerprint density at radius 1 is 1.35 bits per heavy atom. The van der Waals surface area contributed by atoms with E-state index in [9.17, 15) is 0 Å². The summed E-state index contributed by atoms with van der Waals surface area (Å²) in [5.41, 5.74) is 0.797. The van der Waals surface area contributed by atoms with Gasteiger partial charge in [-0.15, -0.1) is 0 Å². The minimum absolute atomic E-state index is 0.0112. The first-order chi connectivity index (χ1) is 8.31. The molecule has 5 nitrogen and oxygen atoms in total. The van der Waals surface area contributed by atoms with Gasteiger partial charge < -0.3 is 15.2 Å². The number of rotatable bonds is 4. The quantitative estimate of drug-likeness (QED) is 0.839. The lowest BCUT2D eigenvalue weighted by atomic mass is 10.2. The van der Waals surface area contributed by atoms with Crippen molar-refractivity contribution in [1.29, 1.82) is 0 Å². The molecule has 1 aromatic heterocycles. The fourth-order valence-electron chi connectivity index (χ4n) is 1.35. The Balaban J connectivity index is 2.18. The Morgan fingerprint density at radius 3 is 3.00 bits per heavy atom. The lowest BCUT2D eigenvalue weighted by Gasteiger charge is -2.06. The summed E-state index contributed by atoms with van der Waals surface area (Å²) in [7, 11) is 1.74. The molecule has 0 amide bonds. The van der Waals surface area contributed by atoms with Gasteiger partial charge >= 0.3 is 0 Å². The molecule has 17 heavy (non-hydrogen) atoms. The zero-order chi connectivity index (χ0) is 12.1. The Hall–Kier alpha value is -2.14. The number of aromatic nitrogens is 2. The van der Waals surface area contributed by atoms with Crippen molar-refractivity contribution < 1.29 is 9.84 Å². The first kappa shape index (κ1) is 11.3. The van der Waals surface area contributed by atoms with Gasteiger partial charge in [0.25, 0.3) is 0 Å². The zero-order valence-corrected chi connectivity index (χ0v) is 9.42. The Morgan fingerprint density at radius 2 is 2.24 bits per heavy atom. The molecule has 0 spiro atoms. The van der Waals surface area contributed by atoms with Gasteiger partial charge in [-0.05, 0) is 17.7 Å². The van der Waals surface area contributed by atoms with Gasteiger partial charge in [0.05, 0.1) is 6.61 Å². The molecule has 2 rings (SSSR count). The van der Waals surface area contributed by atoms with Crippen molar-refractivity contribution in [3.8, 4) is 11.6 Å². The number of anilines is 1. The molecule has 0 fully saturated rings. The lowest BCUT2D eigenvalue weighted by Crippen LogP contribution is -1.97. The Kier molecular flexibility index (Phi) is 3.52. The van der Waals surface area contributed by atoms with Crippen molar-refractivity contribution in [1.82, 2.24) is 9.97 Å². The molecular weight excluding hydrogens is 218 g/mol. The lowest BCUT2D eigenvalue weighted by molar-refractivity contribution is 0.281. The number of nitrogens with zero attached hydrogens (tertiary/aromatic N) is 2. The van der Waals surface area contributed by atoms with Crippen LogP contribution in [0.1, 0.15) is 5.56 Å². The topological polar surface area (TPSA) is 67.3 Å². The van der Waals surface area contributed by atoms with E-state index in [0.717, 1.165) is 5.56 Å². The third-order valence-electron chi connectivity index (χ3n) is 2.16. The van der Waals surface area contributed by atoms with Crippen LogP contribution in [0.4, 0.5) is 5.95 Å². The number of aliphatic hydroxyl groups excluding tert-OH is 1. The largest absolute Gasteiger partial charge is 0.439 e. The van der Waals surface area contributed by atoms with Gasteiger partial charge in [0.15, 0.2) is 0 Å². The molecular formula is C12H13N3O2. The molecule has 0 unspecified atom stereocenters. The molecule has 0 atom stereocenters. The van der Waals surface area contributed by atoms with Crippen LogP contribution >= 0.6 is 0 Å². The number of hydrogen-bond acceptors (Lipinski definition) is 5. The van der Waals surface area contributed by atoms with Crippen molar-refractivity contribution in [2.75, 3.05) is 12.4 Å². The predicted molar refractivity (Wildman–Crippen MR) is 64.0 cm³/mol. The van der Waals surface area contributed by atoms with E-state index in [1.54, 1.807) is 31.4 Å². The van der Waals surface area contributed by atoms with E-state index in [-0.39, 0.29) is 6.61 Å². The SMILES string of the molecule is CNc1nccc(Oc2cccc(CO)c2)n1. The summed E-state index contributed by atoms with van der Waals surface area (Å²) in [6.45, 7) is -0.0112. The van der Waals surface area contributed by atoms with Gasteiger partial charge in [0.2, 0.25) is 11.8 Å². The van der Waals surface area contributed by atoms with Crippen LogP contribution in [0.3, 0.4) is 0 Å². The second-order valence-electron chi connectivity index (χ2n) is 3.38. The smallest absolute Gasteiger partial charge is 0.225 e. The van der Waals surface area contributed by atoms with Crippen LogP contribution in [-0.2, 0) is 6.61 Å². The number of aliphatic hydroxyl groups is 1. The van der Waals surface area contributed by atoms with E-state index < -0.39 is 0 Å². The van der Waals surface area contributed by atoms with Crippen molar-refractivity contribution in [3.05, 3.63) is 42.1 Å². The normalized spacial score (nSPS) is 10.0. The van der Waals surface area contributed by atoms with Crippen LogP contribution in [-0.4, -0.2) is 22.1 Å². The van der Waals surface area contributed by atoms with Crippen molar-refractivity contribution >= 4 is 5.95 Å². The molecule has 0 saturated heterocycles. The molecule has 0 radical (unpaired) electrons. The van der Waals surface area contributed by atoms with Crippen molar-refractivity contribution in [2.45, 2.75) is 6.61 Å². The predicted octanol–water partition coefficient (Wildman–Crippen LogP) is 1.80. The molecule has 88 valence electrons. The first-order valence-corrected chi connectivity index (χ1v) is 5.20. The van der Waals surface area contributed by atoms with E-state index in [4.69, 9.17) is 9.84 Å². The maximum Gasteiger partial charge on any atom is 0.225 e. The monoisotopic (exact) mass is 231 g/mol. The summed E-state index contributed by atoms with van der Waals surface area (Å²) in [6, 6.07) is 8.89. The van der Waals surface area contributed by atoms with Crippen LogP contribution in [0.2, 0.25) is 0 Å². The number of ether oxygens (including phenoxy) is 1. The molecule has 2 N–H and O–H groups in total. The maximum absolute atomic E-state index is 9.02. The first-order valence-electron chi connectivity index (χ1n) is 5.20. The number of nitrogens with one attached hydrogen (secondary N) is 1. The molecule has 0 bridgehead atoms. The van der Waals surface area contributed by atoms with E-state index >= 15 is 0 Å². The summed E-state index contributed by atoms with van der Waals surface area (Å²) < 4.78 is 5.56. The molecule has 0 saturated carbocycles. The Labute approximate surface area is 99.1 Å². The average Bonchev–Trinajstić information content (AvgIpc) is 2.39. The molecule has 0 aliphatic carbocycles. The van der Waals surface area contributed by atoms with Gasteiger partial charge in [-0.25, -0.2) is 4.98 Å². The minimum atomic E-state index is -0.0112. The summed E-state index contributed by atoms with van der Waals surface area (Å²) in [6.07, 6.45) is 1.62. The highest BCUT2D eigenvalue weighted by atomic mass is 16.5. The van der Waals surface area contributed by atoms with Gasteiger partial charge in [0, 0.05) is 19.3 Å². The minimum Gasteiger partial charge on any atom is -0.439 e. The van der Waals surface area contributed by atoms with Crippen molar-refractivity contribution in [2.24, 2.45) is 0 Å². The highest BCUT2D eigenvalue weighted by Gasteiger charge is 2.01. The Bertz CT molecular complexity index is 457. The van der Waals surface area contributed by atoms with Crippen molar-refractivity contribution in [3.63, 3.8) is 0 Å². The van der Waals surface area contributed by atoms with Crippen LogP contribution in [0.5, 0.6) is 11.6 Å². The molecule has 1 heterocycles. The zero-order valence-electron chi connectivity index (χ0n) is 9.42. The van der Waals surface area contributed by atoms with E-state index in [2.05, 4.69) is 15.3 Å². The fraction of sp³-hybridized carbons (Fsp3) is 0.167. The van der Waals surface area contributed by atoms with E-state index in [1.165, 1.54) is 0 Å². The van der Waals surface area contributed by atoms with Crippen LogP contribution < -0.4 is 10.1 Å². The van der Waals surface area contributed by atoms with E-state index in [0.29, 0.717) is 17.6 Å². The molecule has 1 aromatic carbocycles. The fourth-order valence-corrected chi connectivity index (χ4v) is 1.35. The average molecular weight is 231 g/mol. The highest BCUT2D eigenvalue weighted by molar-refractivity contribution is 5.33. The van der Waals surface area contributed by atoms with E-state index in [1.807, 2.05) is 12.1 Å². The highest BCUT2D eigenvalue weighted by Crippen LogP contribution is 2.20. The third-order valence-corrected chi connectivity index (χ3v) is 2.16. The second kappa shape index (κ2) is 5.27. The number of hydrogen-bond donors (Lipinski definition) is 2. The van der Waals surface area contributed by atoms with Gasteiger partial charge in [0.1, 0.15) is 5.75 Å². The van der Waals surface area contributed by atoms with Crippen LogP contribution in [0, 0.1) is 0 Å². The summed E-state index contributed by atoms with van der Waals surface area (Å²) in [5, 5.41) is 11.9. The van der Waals surface area contributed by atoms with Crippen LogP contribution in [0.25, 0.3) is 0 Å². The molecule has 0 aliphatic heterocycles. The molecule has 2 aromatic rings. The second-order valence-corrected chi connectivity index (χ2v) is 3.38. The number of benzene rings is 1. The summed E-state index contributed by atoms with van der Waals surface area (Å²) >= 11 is 0. The standard InChI is InChI=1S/C12H13N3O2/c1-13-12-14-6-5-11(15-12)17-10-4-2-3-9(7-10)8-16/h2-7,16H,8H2,1H3,(H,13,14,15). The third kappa shape index (κ3) is 2.92. The van der Waals surface area contributed by atoms with Crippen LogP contribution in [0.15, 0.2) is 36.5 Å². The molecule has 5 heteroatoms. The maximum atomic E-state index is 9.02. The van der Waals surface area contributed by atoms with Gasteiger partial charge in [-0.3, -0.25) is 0 Å². The van der Waals surface area contributed by atoms with Gasteiger partial charge in [-0.1, -0.05) is 12.1 Å².